The van der Waals surface area contributed by atoms with Crippen molar-refractivity contribution in [1.82, 2.24) is 20.0 Å². The minimum absolute atomic E-state index is 0.0199. The van der Waals surface area contributed by atoms with Gasteiger partial charge in [0, 0.05) is 25.8 Å². The van der Waals surface area contributed by atoms with Crippen LogP contribution in [0.3, 0.4) is 0 Å². The Hall–Kier alpha value is -1.89. The molecule has 0 aliphatic carbocycles. The summed E-state index contributed by atoms with van der Waals surface area (Å²) in [5, 5.41) is 6.70. The second kappa shape index (κ2) is 6.26. The Morgan fingerprint density at radius 1 is 1.38 bits per heavy atom. The Bertz CT molecular complexity index is 511. The average Bonchev–Trinajstić information content (AvgIpc) is 2.74. The van der Waals surface area contributed by atoms with Crippen LogP contribution >= 0.6 is 0 Å². The summed E-state index contributed by atoms with van der Waals surface area (Å²) in [7, 11) is 1.77. The molecule has 1 saturated heterocycles. The lowest BCUT2D eigenvalue weighted by Crippen LogP contribution is -2.51. The van der Waals surface area contributed by atoms with E-state index in [-0.39, 0.29) is 30.6 Å². The Kier molecular flexibility index (Phi) is 4.62. The number of hydrogen-bond donors (Lipinski definition) is 1. The number of aryl methyl sites for hydroxylation is 2. The maximum Gasteiger partial charge on any atom is 0.272 e. The van der Waals surface area contributed by atoms with E-state index < -0.39 is 0 Å². The molecule has 1 aromatic heterocycles. The van der Waals surface area contributed by atoms with Crippen molar-refractivity contribution in [3.63, 3.8) is 0 Å². The van der Waals surface area contributed by atoms with Gasteiger partial charge in [-0.2, -0.15) is 5.10 Å². The zero-order chi connectivity index (χ0) is 15.6. The Balaban J connectivity index is 1.87. The molecule has 2 unspecified atom stereocenters. The molecule has 2 atom stereocenters. The number of nitrogens with zero attached hydrogens (tertiary/aromatic N) is 3. The lowest BCUT2D eigenvalue weighted by molar-refractivity contribution is -0.142. The predicted octanol–water partition coefficient (Wildman–Crippen LogP) is 0.0941. The van der Waals surface area contributed by atoms with Crippen LogP contribution in [0.15, 0.2) is 6.07 Å². The molecule has 21 heavy (non-hydrogen) atoms. The Morgan fingerprint density at radius 2 is 2.00 bits per heavy atom. The predicted molar refractivity (Wildman–Crippen MR) is 76.9 cm³/mol. The van der Waals surface area contributed by atoms with E-state index in [9.17, 15) is 9.59 Å². The Labute approximate surface area is 124 Å². The van der Waals surface area contributed by atoms with Gasteiger partial charge in [0.05, 0.1) is 18.8 Å². The summed E-state index contributed by atoms with van der Waals surface area (Å²) in [6.07, 6.45) is 0.0404. The minimum Gasteiger partial charge on any atom is -0.372 e. The van der Waals surface area contributed by atoms with E-state index >= 15 is 0 Å². The molecule has 2 amide bonds. The third kappa shape index (κ3) is 3.81. The molecule has 0 aromatic carbocycles. The number of carbonyl (C=O) groups excluding carboxylic acids is 2. The smallest absolute Gasteiger partial charge is 0.272 e. The summed E-state index contributed by atoms with van der Waals surface area (Å²) in [6, 6.07) is 1.69. The fourth-order valence-corrected chi connectivity index (χ4v) is 2.41. The second-order valence-electron chi connectivity index (χ2n) is 5.53. The number of rotatable bonds is 3. The van der Waals surface area contributed by atoms with Crippen molar-refractivity contribution < 1.29 is 14.3 Å². The molecular weight excluding hydrogens is 272 g/mol. The summed E-state index contributed by atoms with van der Waals surface area (Å²) in [6.45, 7) is 6.83. The molecule has 1 aliphatic heterocycles. The summed E-state index contributed by atoms with van der Waals surface area (Å²) >= 11 is 0. The summed E-state index contributed by atoms with van der Waals surface area (Å²) in [4.78, 5) is 25.8. The summed E-state index contributed by atoms with van der Waals surface area (Å²) < 4.78 is 7.21. The maximum atomic E-state index is 12.1. The number of carbonyl (C=O) groups is 2. The molecule has 0 saturated carbocycles. The van der Waals surface area contributed by atoms with Crippen LogP contribution in [0.5, 0.6) is 0 Å². The molecule has 7 nitrogen and oxygen atoms in total. The van der Waals surface area contributed by atoms with E-state index in [4.69, 9.17) is 4.74 Å². The van der Waals surface area contributed by atoms with Crippen molar-refractivity contribution in [2.75, 3.05) is 19.6 Å². The van der Waals surface area contributed by atoms with Gasteiger partial charge in [0.1, 0.15) is 5.69 Å². The molecule has 0 spiro atoms. The fraction of sp³-hybridized carbons (Fsp3) is 0.643. The standard InChI is InChI=1S/C14H22N4O3/c1-9-5-12(16-17(9)4)14(20)15-6-13(19)18-7-10(2)21-11(3)8-18/h5,10-11H,6-8H2,1-4H3,(H,15,20). The van der Waals surface area contributed by atoms with Crippen LogP contribution in [-0.2, 0) is 16.6 Å². The number of amides is 2. The van der Waals surface area contributed by atoms with Gasteiger partial charge in [-0.05, 0) is 26.8 Å². The first kappa shape index (κ1) is 15.5. The van der Waals surface area contributed by atoms with Crippen LogP contribution < -0.4 is 5.32 Å². The molecule has 1 aromatic rings. The number of nitrogens with one attached hydrogen (secondary N) is 1. The van der Waals surface area contributed by atoms with Gasteiger partial charge < -0.3 is 15.0 Å². The van der Waals surface area contributed by atoms with E-state index in [1.807, 2.05) is 20.8 Å². The van der Waals surface area contributed by atoms with Crippen molar-refractivity contribution >= 4 is 11.8 Å². The van der Waals surface area contributed by atoms with Crippen molar-refractivity contribution in [2.45, 2.75) is 33.0 Å². The minimum atomic E-state index is -0.332. The van der Waals surface area contributed by atoms with Gasteiger partial charge >= 0.3 is 0 Å². The highest BCUT2D eigenvalue weighted by Gasteiger charge is 2.26. The third-order valence-electron chi connectivity index (χ3n) is 3.52. The van der Waals surface area contributed by atoms with Crippen LogP contribution in [-0.4, -0.2) is 58.3 Å². The largest absolute Gasteiger partial charge is 0.372 e. The van der Waals surface area contributed by atoms with E-state index in [0.717, 1.165) is 5.69 Å². The second-order valence-corrected chi connectivity index (χ2v) is 5.53. The van der Waals surface area contributed by atoms with Gasteiger partial charge in [0.2, 0.25) is 5.91 Å². The zero-order valence-corrected chi connectivity index (χ0v) is 12.9. The first-order valence-corrected chi connectivity index (χ1v) is 7.09. The molecule has 2 heterocycles. The molecule has 1 fully saturated rings. The van der Waals surface area contributed by atoms with Gasteiger partial charge in [-0.15, -0.1) is 0 Å². The highest BCUT2D eigenvalue weighted by Crippen LogP contribution is 2.10. The Morgan fingerprint density at radius 3 is 2.52 bits per heavy atom. The highest BCUT2D eigenvalue weighted by molar-refractivity contribution is 5.94. The normalized spacial score (nSPS) is 22.2. The van der Waals surface area contributed by atoms with Crippen molar-refractivity contribution in [3.8, 4) is 0 Å². The molecule has 1 N–H and O–H groups in total. The van der Waals surface area contributed by atoms with Crippen LogP contribution in [0.4, 0.5) is 0 Å². The molecule has 0 radical (unpaired) electrons. The SMILES string of the molecule is Cc1cc(C(=O)NCC(=O)N2CC(C)OC(C)C2)nn1C. The van der Waals surface area contributed by atoms with Gasteiger partial charge in [-0.3, -0.25) is 14.3 Å². The molecule has 1 aliphatic rings. The lowest BCUT2D eigenvalue weighted by Gasteiger charge is -2.35. The van der Waals surface area contributed by atoms with Crippen molar-refractivity contribution in [1.29, 1.82) is 0 Å². The lowest BCUT2D eigenvalue weighted by atomic mass is 10.2. The number of hydrogen-bond acceptors (Lipinski definition) is 4. The third-order valence-corrected chi connectivity index (χ3v) is 3.52. The highest BCUT2D eigenvalue weighted by atomic mass is 16.5. The first-order chi connectivity index (χ1) is 9.86. The van der Waals surface area contributed by atoms with Gasteiger partial charge in [-0.1, -0.05) is 0 Å². The summed E-state index contributed by atoms with van der Waals surface area (Å²) in [5.74, 6) is -0.431. The molecular formula is C14H22N4O3. The van der Waals surface area contributed by atoms with Crippen LogP contribution in [0, 0.1) is 6.92 Å². The maximum absolute atomic E-state index is 12.1. The molecule has 7 heteroatoms. The quantitative estimate of drug-likeness (QED) is 0.857. The fourth-order valence-electron chi connectivity index (χ4n) is 2.41. The molecule has 2 rings (SSSR count). The van der Waals surface area contributed by atoms with Crippen LogP contribution in [0.25, 0.3) is 0 Å². The van der Waals surface area contributed by atoms with Crippen molar-refractivity contribution in [2.24, 2.45) is 7.05 Å². The van der Waals surface area contributed by atoms with Gasteiger partial charge in [0.15, 0.2) is 0 Å². The summed E-state index contributed by atoms with van der Waals surface area (Å²) in [5.41, 5.74) is 1.22. The number of aromatic nitrogens is 2. The van der Waals surface area contributed by atoms with Crippen LogP contribution in [0.2, 0.25) is 0 Å². The number of morpholine rings is 1. The van der Waals surface area contributed by atoms with E-state index in [2.05, 4.69) is 10.4 Å². The van der Waals surface area contributed by atoms with Crippen molar-refractivity contribution in [3.05, 3.63) is 17.5 Å². The van der Waals surface area contributed by atoms with Gasteiger partial charge in [-0.25, -0.2) is 0 Å². The average molecular weight is 294 g/mol. The van der Waals surface area contributed by atoms with E-state index in [1.165, 1.54) is 0 Å². The monoisotopic (exact) mass is 294 g/mol. The topological polar surface area (TPSA) is 76.5 Å². The van der Waals surface area contributed by atoms with Crippen LogP contribution in [0.1, 0.15) is 30.0 Å². The van der Waals surface area contributed by atoms with Gasteiger partial charge in [0.25, 0.3) is 5.91 Å². The van der Waals surface area contributed by atoms with E-state index in [0.29, 0.717) is 18.8 Å². The van der Waals surface area contributed by atoms with E-state index in [1.54, 1.807) is 22.7 Å². The zero-order valence-electron chi connectivity index (χ0n) is 12.9. The molecule has 0 bridgehead atoms. The first-order valence-electron chi connectivity index (χ1n) is 7.09. The molecule has 116 valence electrons. The number of ether oxygens (including phenoxy) is 1.